The molecule has 1 saturated heterocycles. The molecule has 4 nitrogen and oxygen atoms in total. The predicted octanol–water partition coefficient (Wildman–Crippen LogP) is 4.13. The van der Waals surface area contributed by atoms with Gasteiger partial charge in [0, 0.05) is 41.7 Å². The summed E-state index contributed by atoms with van der Waals surface area (Å²) in [6.07, 6.45) is 9.23. The van der Waals surface area contributed by atoms with Crippen molar-refractivity contribution in [2.45, 2.75) is 69.4 Å². The highest BCUT2D eigenvalue weighted by Gasteiger charge is 2.64. The monoisotopic (exact) mass is 407 g/mol. The molecule has 6 rings (SSSR count). The van der Waals surface area contributed by atoms with Crippen molar-refractivity contribution < 1.29 is 14.3 Å². The lowest BCUT2D eigenvalue weighted by Crippen LogP contribution is -2.58. The van der Waals surface area contributed by atoms with Crippen molar-refractivity contribution in [3.8, 4) is 5.75 Å². The van der Waals surface area contributed by atoms with Crippen LogP contribution in [0.1, 0.15) is 62.8 Å². The molecule has 4 aliphatic carbocycles. The van der Waals surface area contributed by atoms with E-state index < -0.39 is 0 Å². The predicted molar refractivity (Wildman–Crippen MR) is 114 cm³/mol. The van der Waals surface area contributed by atoms with Gasteiger partial charge in [-0.05, 0) is 55.2 Å². The molecule has 0 bridgehead atoms. The SMILES string of the molecule is COc1cccc(C2C3C(=O)C4CCCCC4C3NC3C4CCCCC4C(=O)C32)c1. The van der Waals surface area contributed by atoms with Gasteiger partial charge < -0.3 is 10.1 Å². The largest absolute Gasteiger partial charge is 0.497 e. The summed E-state index contributed by atoms with van der Waals surface area (Å²) in [5.41, 5.74) is 1.14. The molecule has 0 amide bonds. The second-order valence-corrected chi connectivity index (χ2v) is 10.5. The molecule has 5 aliphatic rings. The number of carbonyl (C=O) groups excluding carboxylic acids is 2. The minimum atomic E-state index is -0.0597. The van der Waals surface area contributed by atoms with Crippen LogP contribution < -0.4 is 10.1 Å². The molecule has 4 saturated carbocycles. The van der Waals surface area contributed by atoms with Gasteiger partial charge >= 0.3 is 0 Å². The van der Waals surface area contributed by atoms with E-state index in [0.717, 1.165) is 37.0 Å². The Hall–Kier alpha value is -1.68. The summed E-state index contributed by atoms with van der Waals surface area (Å²) in [6.45, 7) is 0. The molecule has 160 valence electrons. The molecule has 8 unspecified atom stereocenters. The zero-order valence-electron chi connectivity index (χ0n) is 17.9. The zero-order valence-corrected chi connectivity index (χ0v) is 17.9. The quantitative estimate of drug-likeness (QED) is 0.801. The van der Waals surface area contributed by atoms with Crippen molar-refractivity contribution in [2.24, 2.45) is 35.5 Å². The van der Waals surface area contributed by atoms with Crippen molar-refractivity contribution in [3.63, 3.8) is 0 Å². The third kappa shape index (κ3) is 2.62. The smallest absolute Gasteiger partial charge is 0.141 e. The molecule has 1 N–H and O–H groups in total. The van der Waals surface area contributed by atoms with Crippen LogP contribution in [0.25, 0.3) is 0 Å². The van der Waals surface area contributed by atoms with Gasteiger partial charge in [-0.3, -0.25) is 9.59 Å². The van der Waals surface area contributed by atoms with Crippen LogP contribution in [0.3, 0.4) is 0 Å². The fourth-order valence-corrected chi connectivity index (χ4v) is 8.23. The average Bonchev–Trinajstić information content (AvgIpc) is 3.25. The van der Waals surface area contributed by atoms with Crippen molar-refractivity contribution in [1.29, 1.82) is 0 Å². The van der Waals surface area contributed by atoms with E-state index in [4.69, 9.17) is 4.74 Å². The second-order valence-electron chi connectivity index (χ2n) is 10.5. The Balaban J connectivity index is 1.47. The molecule has 5 fully saturated rings. The van der Waals surface area contributed by atoms with Crippen molar-refractivity contribution in [2.75, 3.05) is 7.11 Å². The Bertz CT molecular complexity index is 820. The summed E-state index contributed by atoms with van der Waals surface area (Å²) in [5, 5.41) is 3.99. The van der Waals surface area contributed by atoms with E-state index >= 15 is 0 Å². The van der Waals surface area contributed by atoms with E-state index in [9.17, 15) is 9.59 Å². The highest BCUT2D eigenvalue weighted by molar-refractivity contribution is 5.93. The second kappa shape index (κ2) is 7.19. The minimum Gasteiger partial charge on any atom is -0.497 e. The van der Waals surface area contributed by atoms with Gasteiger partial charge in [0.15, 0.2) is 0 Å². The maximum absolute atomic E-state index is 13.7. The summed E-state index contributed by atoms with van der Waals surface area (Å²) < 4.78 is 5.53. The fourth-order valence-electron chi connectivity index (χ4n) is 8.23. The third-order valence-electron chi connectivity index (χ3n) is 9.36. The number of carbonyl (C=O) groups is 2. The molecular weight excluding hydrogens is 374 g/mol. The molecule has 1 aliphatic heterocycles. The van der Waals surface area contributed by atoms with Gasteiger partial charge in [0.25, 0.3) is 0 Å². The molecule has 0 radical (unpaired) electrons. The Labute approximate surface area is 179 Å². The highest BCUT2D eigenvalue weighted by atomic mass is 16.5. The number of nitrogens with one attached hydrogen (secondary N) is 1. The number of hydrogen-bond donors (Lipinski definition) is 1. The van der Waals surface area contributed by atoms with Crippen LogP contribution in [0.15, 0.2) is 24.3 Å². The van der Waals surface area contributed by atoms with E-state index in [0.29, 0.717) is 23.4 Å². The summed E-state index contributed by atoms with van der Waals surface area (Å²) >= 11 is 0. The Kier molecular flexibility index (Phi) is 4.56. The molecule has 30 heavy (non-hydrogen) atoms. The van der Waals surface area contributed by atoms with Crippen molar-refractivity contribution in [3.05, 3.63) is 29.8 Å². The van der Waals surface area contributed by atoms with Crippen LogP contribution >= 0.6 is 0 Å². The van der Waals surface area contributed by atoms with Crippen LogP contribution in [-0.2, 0) is 9.59 Å². The molecule has 1 aromatic rings. The standard InChI is InChI=1S/C26H33NO3/c1-30-15-8-6-7-14(13-15)20-21-23(16-9-2-4-11-18(16)25(21)28)27-24-17-10-3-5-12-19(17)26(29)22(20)24/h6-8,13,16-24,27H,2-5,9-12H2,1H3. The first-order valence-electron chi connectivity index (χ1n) is 12.2. The molecule has 1 heterocycles. The molecular formula is C26H33NO3. The molecule has 1 aromatic carbocycles. The number of fused-ring (bicyclic) bond motifs is 6. The number of methoxy groups -OCH3 is 1. The minimum absolute atomic E-state index is 0.00699. The average molecular weight is 408 g/mol. The number of ketones is 2. The van der Waals surface area contributed by atoms with Gasteiger partial charge in [0.1, 0.15) is 17.3 Å². The first kappa shape index (κ1) is 19.0. The summed E-state index contributed by atoms with van der Waals surface area (Å²) in [4.78, 5) is 27.5. The van der Waals surface area contributed by atoms with Gasteiger partial charge in [-0.15, -0.1) is 0 Å². The Morgan fingerprint density at radius 1 is 0.800 bits per heavy atom. The van der Waals surface area contributed by atoms with Gasteiger partial charge in [0.05, 0.1) is 7.11 Å². The first-order chi connectivity index (χ1) is 14.7. The van der Waals surface area contributed by atoms with E-state index in [2.05, 4.69) is 17.4 Å². The number of hydrogen-bond acceptors (Lipinski definition) is 4. The highest BCUT2D eigenvalue weighted by Crippen LogP contribution is 2.58. The van der Waals surface area contributed by atoms with E-state index in [1.165, 1.54) is 25.7 Å². The van der Waals surface area contributed by atoms with Gasteiger partial charge in [-0.1, -0.05) is 37.8 Å². The number of benzene rings is 1. The van der Waals surface area contributed by atoms with E-state index in [1.54, 1.807) is 7.11 Å². The molecule has 8 atom stereocenters. The first-order valence-corrected chi connectivity index (χ1v) is 12.2. The fraction of sp³-hybridized carbons (Fsp3) is 0.692. The Morgan fingerprint density at radius 2 is 1.37 bits per heavy atom. The molecule has 0 aromatic heterocycles. The van der Waals surface area contributed by atoms with E-state index in [-0.39, 0.29) is 41.7 Å². The number of Topliss-reactive ketones (excluding diaryl/α,β-unsaturated/α-hetero) is 2. The lowest BCUT2D eigenvalue weighted by molar-refractivity contribution is -0.129. The van der Waals surface area contributed by atoms with Crippen molar-refractivity contribution in [1.82, 2.24) is 5.32 Å². The number of piperidine rings is 1. The molecule has 4 heteroatoms. The van der Waals surface area contributed by atoms with Crippen LogP contribution in [0.5, 0.6) is 5.75 Å². The normalized spacial score (nSPS) is 44.8. The topological polar surface area (TPSA) is 55.4 Å². The third-order valence-corrected chi connectivity index (χ3v) is 9.36. The maximum atomic E-state index is 13.7. The Morgan fingerprint density at radius 3 is 1.93 bits per heavy atom. The van der Waals surface area contributed by atoms with Gasteiger partial charge in [-0.25, -0.2) is 0 Å². The van der Waals surface area contributed by atoms with Crippen LogP contribution in [0.2, 0.25) is 0 Å². The van der Waals surface area contributed by atoms with E-state index in [1.807, 2.05) is 12.1 Å². The van der Waals surface area contributed by atoms with Gasteiger partial charge in [0.2, 0.25) is 0 Å². The van der Waals surface area contributed by atoms with Crippen LogP contribution in [0, 0.1) is 35.5 Å². The van der Waals surface area contributed by atoms with Crippen LogP contribution in [-0.4, -0.2) is 30.8 Å². The summed E-state index contributed by atoms with van der Waals surface area (Å²) in [6, 6.07) is 8.71. The number of ether oxygens (including phenoxy) is 1. The zero-order chi connectivity index (χ0) is 20.4. The lowest BCUT2D eigenvalue weighted by Gasteiger charge is -2.45. The number of rotatable bonds is 2. The van der Waals surface area contributed by atoms with Crippen molar-refractivity contribution >= 4 is 11.6 Å². The summed E-state index contributed by atoms with van der Waals surface area (Å²) in [7, 11) is 1.69. The van der Waals surface area contributed by atoms with Crippen LogP contribution in [0.4, 0.5) is 0 Å². The maximum Gasteiger partial charge on any atom is 0.141 e. The summed E-state index contributed by atoms with van der Waals surface area (Å²) in [5.74, 6) is 2.91. The molecule has 0 spiro atoms. The lowest BCUT2D eigenvalue weighted by atomic mass is 9.67. The van der Waals surface area contributed by atoms with Gasteiger partial charge in [-0.2, -0.15) is 0 Å².